The second-order valence-electron chi connectivity index (χ2n) is 25.5. The van der Waals surface area contributed by atoms with Crippen molar-refractivity contribution in [3.8, 4) is 0 Å². The van der Waals surface area contributed by atoms with E-state index in [-0.39, 0.29) is 25.7 Å². The molecule has 0 aliphatic rings. The van der Waals surface area contributed by atoms with Crippen molar-refractivity contribution in [2.45, 2.75) is 316 Å². The molecule has 0 aliphatic heterocycles. The van der Waals surface area contributed by atoms with Gasteiger partial charge in [0.15, 0.2) is 12.2 Å². The first kappa shape index (κ1) is 96.9. The van der Waals surface area contributed by atoms with Crippen molar-refractivity contribution in [1.82, 2.24) is 0 Å². The monoisotopic (exact) mass is 1470 g/mol. The second-order valence-corrected chi connectivity index (χ2v) is 28.4. The van der Waals surface area contributed by atoms with E-state index in [1.807, 2.05) is 0 Å². The highest BCUT2D eigenvalue weighted by molar-refractivity contribution is 7.47. The van der Waals surface area contributed by atoms with Gasteiger partial charge in [-0.1, -0.05) is 257 Å². The van der Waals surface area contributed by atoms with Crippen LogP contribution in [0.2, 0.25) is 0 Å². The maximum atomic E-state index is 13.1. The van der Waals surface area contributed by atoms with Crippen LogP contribution in [0.3, 0.4) is 0 Å². The molecule has 0 spiro atoms. The van der Waals surface area contributed by atoms with Crippen molar-refractivity contribution in [3.05, 3.63) is 146 Å². The molecule has 0 aromatic carbocycles. The van der Waals surface area contributed by atoms with Crippen LogP contribution in [0.25, 0.3) is 0 Å². The molecule has 582 valence electrons. The molecular weight excluding hydrogens is 1330 g/mol. The molecule has 0 amide bonds. The lowest BCUT2D eigenvalue weighted by molar-refractivity contribution is -0.161. The molecule has 0 aromatic heterocycles. The lowest BCUT2D eigenvalue weighted by atomic mass is 10.1. The average Bonchev–Trinajstić information content (AvgIpc) is 0.908. The smallest absolute Gasteiger partial charge is 0.462 e. The molecule has 0 aromatic rings. The summed E-state index contributed by atoms with van der Waals surface area (Å²) >= 11 is 0. The Balaban J connectivity index is 5.41. The van der Waals surface area contributed by atoms with Crippen molar-refractivity contribution in [2.75, 3.05) is 39.6 Å². The summed E-state index contributed by atoms with van der Waals surface area (Å²) < 4.78 is 68.5. The van der Waals surface area contributed by atoms with Gasteiger partial charge in [-0.15, -0.1) is 0 Å². The highest BCUT2D eigenvalue weighted by Crippen LogP contribution is 2.45. The largest absolute Gasteiger partial charge is 0.472 e. The molecule has 0 rings (SSSR count). The third kappa shape index (κ3) is 73.3. The van der Waals surface area contributed by atoms with Crippen molar-refractivity contribution >= 4 is 39.5 Å². The van der Waals surface area contributed by atoms with Crippen molar-refractivity contribution < 1.29 is 80.2 Å². The van der Waals surface area contributed by atoms with Crippen molar-refractivity contribution in [1.29, 1.82) is 0 Å². The molecular formula is C83H138O17P2. The molecule has 0 saturated carbocycles. The van der Waals surface area contributed by atoms with E-state index in [1.54, 1.807) is 0 Å². The van der Waals surface area contributed by atoms with Crippen LogP contribution in [0, 0.1) is 0 Å². The Morgan fingerprint density at radius 3 is 0.833 bits per heavy atom. The van der Waals surface area contributed by atoms with Gasteiger partial charge in [-0.2, -0.15) is 0 Å². The van der Waals surface area contributed by atoms with Gasteiger partial charge in [0.2, 0.25) is 0 Å². The van der Waals surface area contributed by atoms with Gasteiger partial charge in [-0.25, -0.2) is 9.13 Å². The van der Waals surface area contributed by atoms with Crippen LogP contribution in [-0.2, 0) is 65.4 Å². The van der Waals surface area contributed by atoms with Gasteiger partial charge in [0, 0.05) is 25.7 Å². The molecule has 0 fully saturated rings. The molecule has 5 unspecified atom stereocenters. The van der Waals surface area contributed by atoms with E-state index in [1.165, 1.54) is 19.3 Å². The number of ether oxygens (including phenoxy) is 4. The fourth-order valence-corrected chi connectivity index (χ4v) is 11.4. The molecule has 0 aliphatic carbocycles. The minimum Gasteiger partial charge on any atom is -0.462 e. The van der Waals surface area contributed by atoms with Crippen molar-refractivity contribution in [2.24, 2.45) is 0 Å². The van der Waals surface area contributed by atoms with E-state index in [0.29, 0.717) is 25.7 Å². The number of phosphoric ester groups is 2. The van der Waals surface area contributed by atoms with Gasteiger partial charge in [-0.05, 0) is 161 Å². The molecule has 102 heavy (non-hydrogen) atoms. The van der Waals surface area contributed by atoms with Gasteiger partial charge in [0.1, 0.15) is 19.3 Å². The third-order valence-corrected chi connectivity index (χ3v) is 17.7. The fourth-order valence-electron chi connectivity index (χ4n) is 9.86. The Labute approximate surface area is 617 Å². The second kappa shape index (κ2) is 74.2. The maximum Gasteiger partial charge on any atom is 0.472 e. The van der Waals surface area contributed by atoms with Crippen molar-refractivity contribution in [3.63, 3.8) is 0 Å². The number of hydrogen-bond donors (Lipinski definition) is 3. The Morgan fingerprint density at radius 2 is 0.529 bits per heavy atom. The number of aliphatic hydroxyl groups is 1. The van der Waals surface area contributed by atoms with E-state index in [2.05, 4.69) is 174 Å². The quantitative estimate of drug-likeness (QED) is 0.0169. The summed E-state index contributed by atoms with van der Waals surface area (Å²) in [6, 6.07) is 0. The maximum absolute atomic E-state index is 13.1. The minimum absolute atomic E-state index is 0.0663. The van der Waals surface area contributed by atoms with Gasteiger partial charge >= 0.3 is 39.5 Å². The summed E-state index contributed by atoms with van der Waals surface area (Å²) in [5.74, 6) is -2.27. The normalized spacial score (nSPS) is 14.7. The van der Waals surface area contributed by atoms with Gasteiger partial charge in [0.05, 0.1) is 26.4 Å². The molecule has 19 heteroatoms. The topological polar surface area (TPSA) is 237 Å². The molecule has 0 saturated heterocycles. The van der Waals surface area contributed by atoms with Crippen LogP contribution < -0.4 is 0 Å². The highest BCUT2D eigenvalue weighted by atomic mass is 31.2. The summed E-state index contributed by atoms with van der Waals surface area (Å²) in [5, 5.41) is 10.6. The first-order valence-corrected chi connectivity index (χ1v) is 42.1. The van der Waals surface area contributed by atoms with E-state index < -0.39 is 97.5 Å². The first-order valence-electron chi connectivity index (χ1n) is 39.1. The Bertz CT molecular complexity index is 2510. The SMILES string of the molecule is CC/C=C\C/C=C\C/C=C\C/C=C\C/C=C\CCCCCC(=O)OCC(COP(=O)(O)OCC(O)COP(=O)(O)OCC(COC(=O)CCCCCCC/C=C\C/C=C\C/C=C\CC)OC(=O)CCCCCCC/C=C\C/C=C\CCCCC)OC(=O)CCCCCCC/C=C\C/C=C\CCC. The molecule has 0 radical (unpaired) electrons. The van der Waals surface area contributed by atoms with E-state index >= 15 is 0 Å². The van der Waals surface area contributed by atoms with Crippen LogP contribution >= 0.6 is 15.6 Å². The molecule has 3 N–H and O–H groups in total. The lowest BCUT2D eigenvalue weighted by Gasteiger charge is -2.21. The first-order chi connectivity index (χ1) is 49.7. The van der Waals surface area contributed by atoms with Gasteiger partial charge < -0.3 is 33.8 Å². The average molecular weight is 1470 g/mol. The van der Waals surface area contributed by atoms with E-state index in [0.717, 1.165) is 199 Å². The number of carbonyl (C=O) groups excluding carboxylic acids is 4. The third-order valence-electron chi connectivity index (χ3n) is 15.7. The number of unbranched alkanes of at least 4 members (excludes halogenated alkanes) is 22. The number of esters is 4. The Hall–Kier alpha value is -5.06. The molecule has 5 atom stereocenters. The Morgan fingerprint density at radius 1 is 0.284 bits per heavy atom. The van der Waals surface area contributed by atoms with E-state index in [4.69, 9.17) is 37.0 Å². The number of carbonyl (C=O) groups is 4. The minimum atomic E-state index is -4.99. The Kier molecular flexibility index (Phi) is 70.5. The summed E-state index contributed by atoms with van der Waals surface area (Å²) in [5.41, 5.74) is 0. The standard InChI is InChI=1S/C83H138O17P2/c1-5-9-13-17-21-25-29-33-36-37-38-39-42-45-48-52-56-60-64-68-81(86)94-73-78(99-82(87)69-65-61-57-53-49-43-32-28-24-20-16-12-8-4)75-97-101(89,90)95-71-77(84)72-96-102(91,92)98-76-79(100-83(88)70-66-62-58-54-50-46-41-35-31-27-23-19-15-11-7-3)74-93-80(85)67-63-59-55-51-47-44-40-34-30-26-22-18-14-10-6-2/h9-10,13-14,16,20-23,25-28,32-36,38-41,45,48,77-79,84H,5-8,11-12,15,17-19,24,29-31,37,42-44,46-47,49-76H2,1-4H3,(H,89,90)(H,91,92)/b13-9-,14-10-,20-16-,25-21-,26-22-,27-23-,32-28-,36-33-,39-38-,40-34-,41-35-,48-45-. The van der Waals surface area contributed by atoms with Crippen LogP contribution in [0.15, 0.2) is 146 Å². The highest BCUT2D eigenvalue weighted by Gasteiger charge is 2.30. The molecule has 17 nitrogen and oxygen atoms in total. The summed E-state index contributed by atoms with van der Waals surface area (Å²) in [6.45, 7) is 4.46. The predicted molar refractivity (Wildman–Crippen MR) is 417 cm³/mol. The van der Waals surface area contributed by atoms with Crippen LogP contribution in [-0.4, -0.2) is 96.7 Å². The zero-order chi connectivity index (χ0) is 74.6. The predicted octanol–water partition coefficient (Wildman–Crippen LogP) is 22.7. The number of allylic oxidation sites excluding steroid dienone is 24. The van der Waals surface area contributed by atoms with E-state index in [9.17, 15) is 43.2 Å². The summed E-state index contributed by atoms with van der Waals surface area (Å²) in [4.78, 5) is 72.9. The number of rotatable bonds is 72. The zero-order valence-electron chi connectivity index (χ0n) is 63.5. The van der Waals surface area contributed by atoms with Crippen LogP contribution in [0.5, 0.6) is 0 Å². The molecule has 0 heterocycles. The van der Waals surface area contributed by atoms with Gasteiger partial charge in [-0.3, -0.25) is 37.3 Å². The van der Waals surface area contributed by atoms with Gasteiger partial charge in [0.25, 0.3) is 0 Å². The zero-order valence-corrected chi connectivity index (χ0v) is 65.3. The number of hydrogen-bond acceptors (Lipinski definition) is 15. The van der Waals surface area contributed by atoms with Crippen LogP contribution in [0.4, 0.5) is 0 Å². The lowest BCUT2D eigenvalue weighted by Crippen LogP contribution is -2.30. The number of aliphatic hydroxyl groups excluding tert-OH is 1. The fraction of sp³-hybridized carbons (Fsp3) is 0.663. The van der Waals surface area contributed by atoms with Crippen LogP contribution in [0.1, 0.15) is 297 Å². The number of phosphoric acid groups is 2. The molecule has 0 bridgehead atoms. The summed E-state index contributed by atoms with van der Waals surface area (Å²) in [6.07, 6.45) is 84.0. The summed E-state index contributed by atoms with van der Waals surface area (Å²) in [7, 11) is -9.98.